The van der Waals surface area contributed by atoms with Crippen molar-refractivity contribution in [1.29, 1.82) is 0 Å². The molecule has 3 rings (SSSR count). The van der Waals surface area contributed by atoms with Gasteiger partial charge in [0.1, 0.15) is 5.69 Å². The zero-order valence-electron chi connectivity index (χ0n) is 16.5. The molecule has 1 aliphatic heterocycles. The van der Waals surface area contributed by atoms with Crippen molar-refractivity contribution in [3.05, 3.63) is 34.2 Å². The molecule has 1 N–H and O–H groups in total. The molecular formula is C20H26N4O4. The molecule has 0 aliphatic carbocycles. The number of hydrogen-bond acceptors (Lipinski definition) is 6. The summed E-state index contributed by atoms with van der Waals surface area (Å²) in [4.78, 5) is 29.1. The molecule has 0 radical (unpaired) electrons. The molecule has 1 aromatic carbocycles. The van der Waals surface area contributed by atoms with E-state index in [0.29, 0.717) is 22.9 Å². The lowest BCUT2D eigenvalue weighted by atomic mass is 10.2. The highest BCUT2D eigenvalue weighted by Gasteiger charge is 2.18. The molecule has 1 aliphatic rings. The third-order valence-corrected chi connectivity index (χ3v) is 4.60. The van der Waals surface area contributed by atoms with Crippen LogP contribution in [0.5, 0.6) is 11.5 Å². The SMILES string of the molecule is COc1cc(-c2nnc(CCC(=O)N3CCCC3)c(=O)[nH]2)ccc1OC(C)C. The highest BCUT2D eigenvalue weighted by Crippen LogP contribution is 2.31. The summed E-state index contributed by atoms with van der Waals surface area (Å²) in [5.74, 6) is 1.57. The maximum Gasteiger partial charge on any atom is 0.273 e. The first-order valence-electron chi connectivity index (χ1n) is 9.56. The summed E-state index contributed by atoms with van der Waals surface area (Å²) in [6.45, 7) is 5.48. The van der Waals surface area contributed by atoms with Crippen LogP contribution < -0.4 is 15.0 Å². The Morgan fingerprint density at radius 1 is 1.21 bits per heavy atom. The largest absolute Gasteiger partial charge is 0.493 e. The molecule has 0 bridgehead atoms. The fourth-order valence-corrected chi connectivity index (χ4v) is 3.17. The van der Waals surface area contributed by atoms with Gasteiger partial charge in [-0.15, -0.1) is 10.2 Å². The fraction of sp³-hybridized carbons (Fsp3) is 0.500. The zero-order chi connectivity index (χ0) is 20.1. The number of aromatic amines is 1. The van der Waals surface area contributed by atoms with E-state index >= 15 is 0 Å². The van der Waals surface area contributed by atoms with Gasteiger partial charge in [0.15, 0.2) is 17.3 Å². The minimum atomic E-state index is -0.333. The van der Waals surface area contributed by atoms with E-state index in [4.69, 9.17) is 9.47 Å². The Hall–Kier alpha value is -2.90. The number of nitrogens with one attached hydrogen (secondary N) is 1. The summed E-state index contributed by atoms with van der Waals surface area (Å²) in [5.41, 5.74) is 0.598. The van der Waals surface area contributed by atoms with Gasteiger partial charge in [-0.25, -0.2) is 0 Å². The summed E-state index contributed by atoms with van der Waals surface area (Å²) in [6, 6.07) is 5.31. The predicted octanol–water partition coefficient (Wildman–Crippen LogP) is 2.18. The lowest BCUT2D eigenvalue weighted by Crippen LogP contribution is -2.28. The van der Waals surface area contributed by atoms with Gasteiger partial charge in [-0.3, -0.25) is 9.59 Å². The molecule has 1 saturated heterocycles. The zero-order valence-corrected chi connectivity index (χ0v) is 16.5. The van der Waals surface area contributed by atoms with Gasteiger partial charge in [0.2, 0.25) is 5.91 Å². The van der Waals surface area contributed by atoms with E-state index in [2.05, 4.69) is 15.2 Å². The van der Waals surface area contributed by atoms with E-state index in [9.17, 15) is 9.59 Å². The molecule has 2 heterocycles. The van der Waals surface area contributed by atoms with Crippen LogP contribution in [0.25, 0.3) is 11.4 Å². The van der Waals surface area contributed by atoms with Gasteiger partial charge in [-0.05, 0) is 44.9 Å². The average molecular weight is 386 g/mol. The molecule has 0 unspecified atom stereocenters. The maximum atomic E-state index is 12.4. The Balaban J connectivity index is 1.73. The van der Waals surface area contributed by atoms with Crippen molar-refractivity contribution in [3.8, 4) is 22.9 Å². The molecular weight excluding hydrogens is 360 g/mol. The monoisotopic (exact) mass is 386 g/mol. The number of methoxy groups -OCH3 is 1. The second-order valence-electron chi connectivity index (χ2n) is 7.07. The standard InChI is InChI=1S/C20H26N4O4/c1-13(2)28-16-8-6-14(12-17(16)27-3)19-21-20(26)15(22-23-19)7-9-18(25)24-10-4-5-11-24/h6,8,12-13H,4-5,7,9-11H2,1-3H3,(H,21,23,26). The van der Waals surface area contributed by atoms with Crippen LogP contribution in [0.3, 0.4) is 0 Å². The number of likely N-dealkylation sites (tertiary alicyclic amines) is 1. The molecule has 0 saturated carbocycles. The van der Waals surface area contributed by atoms with Crippen molar-refractivity contribution in [3.63, 3.8) is 0 Å². The highest BCUT2D eigenvalue weighted by atomic mass is 16.5. The Labute approximate surface area is 163 Å². The van der Waals surface area contributed by atoms with Crippen molar-refractivity contribution in [2.75, 3.05) is 20.2 Å². The van der Waals surface area contributed by atoms with Crippen molar-refractivity contribution in [2.24, 2.45) is 0 Å². The van der Waals surface area contributed by atoms with E-state index < -0.39 is 0 Å². The minimum absolute atomic E-state index is 0.0156. The lowest BCUT2D eigenvalue weighted by molar-refractivity contribution is -0.130. The average Bonchev–Trinajstić information content (AvgIpc) is 3.21. The fourth-order valence-electron chi connectivity index (χ4n) is 3.17. The van der Waals surface area contributed by atoms with Crippen LogP contribution >= 0.6 is 0 Å². The maximum absolute atomic E-state index is 12.4. The molecule has 1 aromatic heterocycles. The van der Waals surface area contributed by atoms with Crippen molar-refractivity contribution < 1.29 is 14.3 Å². The molecule has 2 aromatic rings. The Morgan fingerprint density at radius 2 is 1.96 bits per heavy atom. The van der Waals surface area contributed by atoms with Crippen LogP contribution in [-0.4, -0.2) is 52.3 Å². The Bertz CT molecular complexity index is 888. The number of rotatable bonds is 7. The second-order valence-corrected chi connectivity index (χ2v) is 7.07. The van der Waals surface area contributed by atoms with Crippen molar-refractivity contribution in [2.45, 2.75) is 45.6 Å². The van der Waals surface area contributed by atoms with Crippen LogP contribution in [0, 0.1) is 0 Å². The molecule has 28 heavy (non-hydrogen) atoms. The number of hydrogen-bond donors (Lipinski definition) is 1. The number of carbonyl (C=O) groups is 1. The van der Waals surface area contributed by atoms with Crippen LogP contribution in [0.4, 0.5) is 0 Å². The highest BCUT2D eigenvalue weighted by molar-refractivity contribution is 5.76. The molecule has 0 spiro atoms. The third-order valence-electron chi connectivity index (χ3n) is 4.60. The predicted molar refractivity (Wildman–Crippen MR) is 105 cm³/mol. The minimum Gasteiger partial charge on any atom is -0.493 e. The van der Waals surface area contributed by atoms with Gasteiger partial charge < -0.3 is 19.4 Å². The van der Waals surface area contributed by atoms with Crippen LogP contribution in [-0.2, 0) is 11.2 Å². The normalized spacial score (nSPS) is 13.8. The van der Waals surface area contributed by atoms with Crippen molar-refractivity contribution in [1.82, 2.24) is 20.1 Å². The van der Waals surface area contributed by atoms with Gasteiger partial charge in [0, 0.05) is 31.5 Å². The number of H-pyrrole nitrogens is 1. The Kier molecular flexibility index (Phi) is 6.28. The van der Waals surface area contributed by atoms with Crippen LogP contribution in [0.15, 0.2) is 23.0 Å². The summed E-state index contributed by atoms with van der Waals surface area (Å²) in [6.07, 6.45) is 2.66. The Morgan fingerprint density at radius 3 is 2.61 bits per heavy atom. The first-order valence-corrected chi connectivity index (χ1v) is 9.56. The summed E-state index contributed by atoms with van der Waals surface area (Å²) in [7, 11) is 1.56. The topological polar surface area (TPSA) is 97.4 Å². The number of amides is 1. The molecule has 150 valence electrons. The quantitative estimate of drug-likeness (QED) is 0.783. The molecule has 0 atom stereocenters. The molecule has 1 amide bonds. The van der Waals surface area contributed by atoms with E-state index in [0.717, 1.165) is 25.9 Å². The van der Waals surface area contributed by atoms with E-state index in [1.165, 1.54) is 0 Å². The number of ether oxygens (including phenoxy) is 2. The second kappa shape index (κ2) is 8.86. The van der Waals surface area contributed by atoms with Gasteiger partial charge in [0.05, 0.1) is 13.2 Å². The summed E-state index contributed by atoms with van der Waals surface area (Å²) < 4.78 is 11.1. The van der Waals surface area contributed by atoms with Gasteiger partial charge in [-0.1, -0.05) is 0 Å². The van der Waals surface area contributed by atoms with E-state index in [1.54, 1.807) is 25.3 Å². The number of nitrogens with zero attached hydrogens (tertiary/aromatic N) is 3. The smallest absolute Gasteiger partial charge is 0.273 e. The van der Waals surface area contributed by atoms with Gasteiger partial charge >= 0.3 is 0 Å². The van der Waals surface area contributed by atoms with Gasteiger partial charge in [0.25, 0.3) is 5.56 Å². The summed E-state index contributed by atoms with van der Waals surface area (Å²) >= 11 is 0. The molecule has 8 heteroatoms. The van der Waals surface area contributed by atoms with E-state index in [-0.39, 0.29) is 36.1 Å². The lowest BCUT2D eigenvalue weighted by Gasteiger charge is -2.15. The van der Waals surface area contributed by atoms with Crippen LogP contribution in [0.2, 0.25) is 0 Å². The number of aryl methyl sites for hydroxylation is 1. The van der Waals surface area contributed by atoms with E-state index in [1.807, 2.05) is 18.7 Å². The molecule has 8 nitrogen and oxygen atoms in total. The van der Waals surface area contributed by atoms with Crippen LogP contribution in [0.1, 0.15) is 38.8 Å². The summed E-state index contributed by atoms with van der Waals surface area (Å²) in [5, 5.41) is 8.17. The third kappa shape index (κ3) is 4.68. The number of carbonyl (C=O) groups excluding carboxylic acids is 1. The first-order chi connectivity index (χ1) is 13.5. The number of aromatic nitrogens is 3. The number of benzene rings is 1. The molecule has 1 fully saturated rings. The van der Waals surface area contributed by atoms with Crippen molar-refractivity contribution >= 4 is 5.91 Å². The van der Waals surface area contributed by atoms with Gasteiger partial charge in [-0.2, -0.15) is 0 Å². The first kappa shape index (κ1) is 19.9.